The van der Waals surface area contributed by atoms with Gasteiger partial charge in [0.25, 0.3) is 11.8 Å². The summed E-state index contributed by atoms with van der Waals surface area (Å²) < 4.78 is 27.9. The maximum Gasteiger partial charge on any atom is 0.268 e. The van der Waals surface area contributed by atoms with Gasteiger partial charge in [-0.15, -0.1) is 11.8 Å². The SMILES string of the molecule is Cc1ccc2c(c1)[C@@]1(SCCN1C(=O)c1cccc(Cl)c1)C(=O)N2Cc1ccc(F)cc1F. The van der Waals surface area contributed by atoms with Crippen molar-refractivity contribution in [3.8, 4) is 0 Å². The Labute approximate surface area is 199 Å². The van der Waals surface area contributed by atoms with Gasteiger partial charge < -0.3 is 9.80 Å². The second-order valence-electron chi connectivity index (χ2n) is 8.11. The lowest BCUT2D eigenvalue weighted by Gasteiger charge is -2.33. The molecule has 4 nitrogen and oxygen atoms in total. The number of rotatable bonds is 3. The van der Waals surface area contributed by atoms with Gasteiger partial charge in [-0.25, -0.2) is 8.78 Å². The van der Waals surface area contributed by atoms with Gasteiger partial charge in [0.05, 0.1) is 12.2 Å². The average Bonchev–Trinajstić information content (AvgIpc) is 3.32. The molecule has 2 amide bonds. The van der Waals surface area contributed by atoms with Gasteiger partial charge >= 0.3 is 0 Å². The molecule has 8 heteroatoms. The molecule has 33 heavy (non-hydrogen) atoms. The van der Waals surface area contributed by atoms with Gasteiger partial charge in [0.1, 0.15) is 11.6 Å². The Kier molecular flexibility index (Phi) is 5.41. The number of nitrogens with zero attached hydrogens (tertiary/aromatic N) is 2. The Morgan fingerprint density at radius 3 is 2.70 bits per heavy atom. The topological polar surface area (TPSA) is 40.6 Å². The highest BCUT2D eigenvalue weighted by atomic mass is 35.5. The smallest absolute Gasteiger partial charge is 0.268 e. The molecule has 0 N–H and O–H groups in total. The van der Waals surface area contributed by atoms with Crippen LogP contribution in [0.3, 0.4) is 0 Å². The quantitative estimate of drug-likeness (QED) is 0.492. The Morgan fingerprint density at radius 2 is 1.94 bits per heavy atom. The van der Waals surface area contributed by atoms with Crippen molar-refractivity contribution in [2.75, 3.05) is 17.2 Å². The molecule has 2 aliphatic rings. The minimum absolute atomic E-state index is 0.0670. The molecule has 1 saturated heterocycles. The fourth-order valence-corrected chi connectivity index (χ4v) is 6.13. The molecule has 0 saturated carbocycles. The Bertz CT molecular complexity index is 1300. The molecular weight excluding hydrogens is 466 g/mol. The third-order valence-electron chi connectivity index (χ3n) is 6.01. The fourth-order valence-electron chi connectivity index (χ4n) is 4.48. The molecule has 3 aromatic carbocycles. The first-order valence-electron chi connectivity index (χ1n) is 10.4. The number of hydrogen-bond acceptors (Lipinski definition) is 3. The van der Waals surface area contributed by atoms with Crippen LogP contribution in [0.15, 0.2) is 60.7 Å². The summed E-state index contributed by atoms with van der Waals surface area (Å²) in [4.78, 5) is 29.3. The molecule has 0 unspecified atom stereocenters. The molecule has 5 rings (SSSR count). The van der Waals surface area contributed by atoms with Crippen molar-refractivity contribution in [3.63, 3.8) is 0 Å². The van der Waals surface area contributed by atoms with Gasteiger partial charge in [-0.2, -0.15) is 0 Å². The fraction of sp³-hybridized carbons (Fsp3) is 0.200. The second kappa shape index (κ2) is 8.15. The first-order valence-corrected chi connectivity index (χ1v) is 11.8. The van der Waals surface area contributed by atoms with Crippen LogP contribution in [-0.2, 0) is 16.2 Å². The van der Waals surface area contributed by atoms with E-state index in [1.54, 1.807) is 29.2 Å². The zero-order valence-electron chi connectivity index (χ0n) is 17.6. The number of anilines is 1. The van der Waals surface area contributed by atoms with Gasteiger partial charge in [0, 0.05) is 40.1 Å². The van der Waals surface area contributed by atoms with E-state index in [1.807, 2.05) is 25.1 Å². The number of aryl methyl sites for hydroxylation is 1. The predicted octanol–water partition coefficient (Wildman–Crippen LogP) is 5.52. The summed E-state index contributed by atoms with van der Waals surface area (Å²) in [6, 6.07) is 15.6. The summed E-state index contributed by atoms with van der Waals surface area (Å²) in [6.07, 6.45) is 0. The maximum atomic E-state index is 14.4. The van der Waals surface area contributed by atoms with Crippen LogP contribution in [0.1, 0.15) is 27.0 Å². The lowest BCUT2D eigenvalue weighted by molar-refractivity contribution is -0.123. The number of fused-ring (bicyclic) bond motifs is 2. The normalized spacial score (nSPS) is 19.5. The third kappa shape index (κ3) is 3.50. The highest BCUT2D eigenvalue weighted by Crippen LogP contribution is 2.55. The van der Waals surface area contributed by atoms with E-state index in [-0.39, 0.29) is 23.9 Å². The summed E-state index contributed by atoms with van der Waals surface area (Å²) in [6.45, 7) is 2.24. The van der Waals surface area contributed by atoms with Crippen LogP contribution in [0.25, 0.3) is 0 Å². The van der Waals surface area contributed by atoms with Crippen molar-refractivity contribution in [1.29, 1.82) is 0 Å². The van der Waals surface area contributed by atoms with Crippen LogP contribution < -0.4 is 4.90 Å². The summed E-state index contributed by atoms with van der Waals surface area (Å²) in [5.74, 6) is -1.43. The molecular formula is C25H19ClF2N2O2S. The summed E-state index contributed by atoms with van der Waals surface area (Å²) in [5.41, 5.74) is 2.86. The van der Waals surface area contributed by atoms with Gasteiger partial charge in [-0.05, 0) is 37.3 Å². The lowest BCUT2D eigenvalue weighted by atomic mass is 10.0. The van der Waals surface area contributed by atoms with Crippen molar-refractivity contribution in [1.82, 2.24) is 4.90 Å². The van der Waals surface area contributed by atoms with Gasteiger partial charge in [-0.1, -0.05) is 41.4 Å². The van der Waals surface area contributed by atoms with E-state index < -0.39 is 16.5 Å². The zero-order chi connectivity index (χ0) is 23.3. The molecule has 1 atom stereocenters. The molecule has 1 fully saturated rings. The number of carbonyl (C=O) groups excluding carboxylic acids is 2. The van der Waals surface area contributed by atoms with Gasteiger partial charge in [0.2, 0.25) is 0 Å². The van der Waals surface area contributed by atoms with Crippen molar-refractivity contribution in [2.24, 2.45) is 0 Å². The van der Waals surface area contributed by atoms with Crippen molar-refractivity contribution in [3.05, 3.63) is 99.6 Å². The predicted molar refractivity (Wildman–Crippen MR) is 125 cm³/mol. The number of amides is 2. The van der Waals surface area contributed by atoms with Crippen molar-refractivity contribution in [2.45, 2.75) is 18.3 Å². The maximum absolute atomic E-state index is 14.4. The van der Waals surface area contributed by atoms with Crippen LogP contribution in [0.4, 0.5) is 14.5 Å². The van der Waals surface area contributed by atoms with Crippen LogP contribution in [-0.4, -0.2) is 29.0 Å². The molecule has 0 radical (unpaired) electrons. The molecule has 168 valence electrons. The Morgan fingerprint density at radius 1 is 1.12 bits per heavy atom. The van der Waals surface area contributed by atoms with E-state index in [4.69, 9.17) is 11.6 Å². The lowest BCUT2D eigenvalue weighted by Crippen LogP contribution is -2.50. The first-order chi connectivity index (χ1) is 15.8. The van der Waals surface area contributed by atoms with Crippen LogP contribution in [0.5, 0.6) is 0 Å². The van der Waals surface area contributed by atoms with Crippen LogP contribution >= 0.6 is 23.4 Å². The zero-order valence-corrected chi connectivity index (χ0v) is 19.2. The van der Waals surface area contributed by atoms with E-state index >= 15 is 0 Å². The highest BCUT2D eigenvalue weighted by molar-refractivity contribution is 8.01. The largest absolute Gasteiger partial charge is 0.311 e. The van der Waals surface area contributed by atoms with E-state index in [9.17, 15) is 18.4 Å². The summed E-state index contributed by atoms with van der Waals surface area (Å²) in [7, 11) is 0. The molecule has 0 aromatic heterocycles. The molecule has 1 spiro atoms. The highest BCUT2D eigenvalue weighted by Gasteiger charge is 2.59. The van der Waals surface area contributed by atoms with E-state index in [2.05, 4.69) is 0 Å². The average molecular weight is 485 g/mol. The first kappa shape index (κ1) is 21.9. The summed E-state index contributed by atoms with van der Waals surface area (Å²) in [5, 5.41) is 0.434. The number of halogens is 3. The number of thioether (sulfide) groups is 1. The van der Waals surface area contributed by atoms with E-state index in [0.717, 1.165) is 11.6 Å². The molecule has 0 aliphatic carbocycles. The number of hydrogen-bond donors (Lipinski definition) is 0. The van der Waals surface area contributed by atoms with Gasteiger partial charge in [0.15, 0.2) is 4.87 Å². The number of carbonyl (C=O) groups is 2. The van der Waals surface area contributed by atoms with E-state index in [0.29, 0.717) is 34.1 Å². The molecule has 2 aliphatic heterocycles. The van der Waals surface area contributed by atoms with E-state index in [1.165, 1.54) is 28.8 Å². The van der Waals surface area contributed by atoms with Gasteiger partial charge in [-0.3, -0.25) is 9.59 Å². The summed E-state index contributed by atoms with van der Waals surface area (Å²) >= 11 is 7.50. The van der Waals surface area contributed by atoms with Crippen molar-refractivity contribution >= 4 is 40.9 Å². The third-order valence-corrected chi connectivity index (χ3v) is 7.66. The Balaban J connectivity index is 1.60. The standard InChI is InChI=1S/C25H19ClF2N2O2S/c1-15-5-8-22-20(11-15)25(24(32)29(22)14-17-6-7-19(27)13-21(17)28)30(9-10-33-25)23(31)16-3-2-4-18(26)12-16/h2-8,11-13H,9-10,14H2,1H3/t25-/m1/s1. The van der Waals surface area contributed by atoms with Crippen molar-refractivity contribution < 1.29 is 18.4 Å². The second-order valence-corrected chi connectivity index (χ2v) is 9.83. The molecule has 3 aromatic rings. The number of benzene rings is 3. The van der Waals surface area contributed by atoms with Crippen LogP contribution in [0, 0.1) is 18.6 Å². The van der Waals surface area contributed by atoms with Crippen LogP contribution in [0.2, 0.25) is 5.02 Å². The Hall–Kier alpha value is -2.90. The minimum Gasteiger partial charge on any atom is -0.311 e. The molecule has 0 bridgehead atoms. The molecule has 2 heterocycles. The minimum atomic E-state index is -1.25. The monoisotopic (exact) mass is 484 g/mol.